The zero-order chi connectivity index (χ0) is 30.9. The van der Waals surface area contributed by atoms with E-state index in [-0.39, 0.29) is 0 Å². The predicted molar refractivity (Wildman–Crippen MR) is 194 cm³/mol. The van der Waals surface area contributed by atoms with Crippen molar-refractivity contribution in [1.29, 1.82) is 0 Å². The molecule has 0 aliphatic carbocycles. The van der Waals surface area contributed by atoms with Gasteiger partial charge in [0.05, 0.1) is 11.0 Å². The Hall–Kier alpha value is -6.39. The van der Waals surface area contributed by atoms with Gasteiger partial charge in [-0.3, -0.25) is 0 Å². The second kappa shape index (κ2) is 10.1. The van der Waals surface area contributed by atoms with Gasteiger partial charge in [0, 0.05) is 33.2 Å². The summed E-state index contributed by atoms with van der Waals surface area (Å²) < 4.78 is 2.40. The van der Waals surface area contributed by atoms with Crippen LogP contribution in [-0.2, 0) is 0 Å². The quantitative estimate of drug-likeness (QED) is 0.189. The minimum absolute atomic E-state index is 0.643. The summed E-state index contributed by atoms with van der Waals surface area (Å²) in [7, 11) is 0. The number of hydrogen-bond acceptors (Lipinski definition) is 3. The summed E-state index contributed by atoms with van der Waals surface area (Å²) in [6.45, 7) is 0. The third-order valence-electron chi connectivity index (χ3n) is 9.37. The molecule has 10 aromatic rings. The number of hydrogen-bond donors (Lipinski definition) is 0. The minimum Gasteiger partial charge on any atom is -0.309 e. The number of fused-ring (bicyclic) bond motifs is 5. The Labute approximate surface area is 270 Å². The largest absolute Gasteiger partial charge is 0.309 e. The SMILES string of the molecule is c1ccc(-c2nc(-c3ccccc3)nc(-c3cccc(-n4c5cccc6c7ccc8ccccc8c7c7cccc4c7c65)c3)n2)cc1. The van der Waals surface area contributed by atoms with E-state index in [1.165, 1.54) is 54.1 Å². The van der Waals surface area contributed by atoms with Crippen LogP contribution in [0, 0.1) is 0 Å². The molecular weight excluding hydrogens is 573 g/mol. The summed E-state index contributed by atoms with van der Waals surface area (Å²) in [5.74, 6) is 1.95. The van der Waals surface area contributed by atoms with Gasteiger partial charge < -0.3 is 4.57 Å². The number of benzene rings is 8. The lowest BCUT2D eigenvalue weighted by atomic mass is 9.91. The smallest absolute Gasteiger partial charge is 0.164 e. The van der Waals surface area contributed by atoms with Crippen molar-refractivity contribution in [2.24, 2.45) is 0 Å². The molecule has 0 unspecified atom stereocenters. The fraction of sp³-hybridized carbons (Fsp3) is 0. The normalized spacial score (nSPS) is 11.8. The molecule has 0 atom stereocenters. The van der Waals surface area contributed by atoms with E-state index in [1.807, 2.05) is 60.7 Å². The van der Waals surface area contributed by atoms with Crippen LogP contribution >= 0.6 is 0 Å². The molecule has 0 saturated carbocycles. The average Bonchev–Trinajstić information content (AvgIpc) is 3.50. The lowest BCUT2D eigenvalue weighted by molar-refractivity contribution is 1.07. The molecule has 0 aliphatic rings. The van der Waals surface area contributed by atoms with E-state index in [1.54, 1.807) is 0 Å². The molecule has 0 aliphatic heterocycles. The monoisotopic (exact) mass is 598 g/mol. The Balaban J connectivity index is 1.23. The highest BCUT2D eigenvalue weighted by atomic mass is 15.0. The highest BCUT2D eigenvalue weighted by Gasteiger charge is 2.21. The molecule has 4 nitrogen and oxygen atoms in total. The van der Waals surface area contributed by atoms with E-state index < -0.39 is 0 Å². The number of nitrogens with zero attached hydrogens (tertiary/aromatic N) is 4. The lowest BCUT2D eigenvalue weighted by Crippen LogP contribution is -2.01. The maximum atomic E-state index is 5.01. The summed E-state index contributed by atoms with van der Waals surface area (Å²) in [4.78, 5) is 14.9. The van der Waals surface area contributed by atoms with Crippen LogP contribution in [0.5, 0.6) is 0 Å². The van der Waals surface area contributed by atoms with Crippen molar-refractivity contribution >= 4 is 54.1 Å². The van der Waals surface area contributed by atoms with E-state index >= 15 is 0 Å². The van der Waals surface area contributed by atoms with Crippen LogP contribution in [0.2, 0.25) is 0 Å². The van der Waals surface area contributed by atoms with Gasteiger partial charge >= 0.3 is 0 Å². The van der Waals surface area contributed by atoms with Crippen LogP contribution in [0.1, 0.15) is 0 Å². The predicted octanol–water partition coefficient (Wildman–Crippen LogP) is 10.9. The highest BCUT2D eigenvalue weighted by molar-refractivity contribution is 6.37. The molecular formula is C43H26N4. The van der Waals surface area contributed by atoms with E-state index in [9.17, 15) is 0 Å². The molecule has 4 heteroatoms. The Morgan fingerprint density at radius 1 is 0.340 bits per heavy atom. The first-order valence-corrected chi connectivity index (χ1v) is 15.9. The molecule has 10 rings (SSSR count). The Kier molecular flexibility index (Phi) is 5.54. The van der Waals surface area contributed by atoms with Gasteiger partial charge in [-0.25, -0.2) is 15.0 Å². The van der Waals surface area contributed by atoms with Crippen molar-refractivity contribution in [1.82, 2.24) is 19.5 Å². The van der Waals surface area contributed by atoms with Crippen molar-refractivity contribution in [3.63, 3.8) is 0 Å². The van der Waals surface area contributed by atoms with Gasteiger partial charge in [-0.1, -0.05) is 133 Å². The fourth-order valence-electron chi connectivity index (χ4n) is 7.33. The van der Waals surface area contributed by atoms with Gasteiger partial charge in [0.1, 0.15) is 0 Å². The van der Waals surface area contributed by atoms with Crippen molar-refractivity contribution in [2.75, 3.05) is 0 Å². The molecule has 47 heavy (non-hydrogen) atoms. The maximum absolute atomic E-state index is 5.01. The maximum Gasteiger partial charge on any atom is 0.164 e. The van der Waals surface area contributed by atoms with Gasteiger partial charge in [0.2, 0.25) is 0 Å². The van der Waals surface area contributed by atoms with Crippen LogP contribution in [0.3, 0.4) is 0 Å². The molecule has 2 aromatic heterocycles. The van der Waals surface area contributed by atoms with Gasteiger partial charge in [-0.2, -0.15) is 0 Å². The zero-order valence-corrected chi connectivity index (χ0v) is 25.3. The van der Waals surface area contributed by atoms with Crippen molar-refractivity contribution in [3.8, 4) is 39.9 Å². The molecule has 0 radical (unpaired) electrons. The topological polar surface area (TPSA) is 43.6 Å². The lowest BCUT2D eigenvalue weighted by Gasteiger charge is -2.11. The second-order valence-electron chi connectivity index (χ2n) is 12.0. The number of rotatable bonds is 4. The summed E-state index contributed by atoms with van der Waals surface area (Å²) in [5, 5.41) is 10.3. The first-order chi connectivity index (χ1) is 23.3. The van der Waals surface area contributed by atoms with Crippen LogP contribution in [0.4, 0.5) is 0 Å². The second-order valence-corrected chi connectivity index (χ2v) is 12.0. The first kappa shape index (κ1) is 25.9. The summed E-state index contributed by atoms with van der Waals surface area (Å²) >= 11 is 0. The van der Waals surface area contributed by atoms with E-state index in [0.29, 0.717) is 17.5 Å². The Bertz CT molecular complexity index is 2720. The molecule has 0 fully saturated rings. The summed E-state index contributed by atoms with van der Waals surface area (Å²) in [6, 6.07) is 55.5. The molecule has 0 amide bonds. The van der Waals surface area contributed by atoms with Gasteiger partial charge in [-0.15, -0.1) is 0 Å². The molecule has 0 bridgehead atoms. The molecule has 218 valence electrons. The third-order valence-corrected chi connectivity index (χ3v) is 9.37. The Morgan fingerprint density at radius 3 is 1.55 bits per heavy atom. The minimum atomic E-state index is 0.643. The zero-order valence-electron chi connectivity index (χ0n) is 25.3. The van der Waals surface area contributed by atoms with Crippen LogP contribution in [0.15, 0.2) is 158 Å². The summed E-state index contributed by atoms with van der Waals surface area (Å²) in [6.07, 6.45) is 0. The van der Waals surface area contributed by atoms with E-state index in [2.05, 4.69) is 102 Å². The highest BCUT2D eigenvalue weighted by Crippen LogP contribution is 2.45. The Morgan fingerprint density at radius 2 is 0.851 bits per heavy atom. The van der Waals surface area contributed by atoms with Crippen molar-refractivity contribution < 1.29 is 0 Å². The third kappa shape index (κ3) is 3.92. The van der Waals surface area contributed by atoms with E-state index in [0.717, 1.165) is 22.4 Å². The van der Waals surface area contributed by atoms with Gasteiger partial charge in [0.25, 0.3) is 0 Å². The first-order valence-electron chi connectivity index (χ1n) is 15.9. The summed E-state index contributed by atoms with van der Waals surface area (Å²) in [5.41, 5.74) is 6.29. The number of aromatic nitrogens is 4. The molecule has 0 saturated heterocycles. The van der Waals surface area contributed by atoms with Gasteiger partial charge in [-0.05, 0) is 56.6 Å². The van der Waals surface area contributed by atoms with E-state index in [4.69, 9.17) is 15.0 Å². The molecule has 2 heterocycles. The van der Waals surface area contributed by atoms with Crippen LogP contribution < -0.4 is 0 Å². The molecule has 0 spiro atoms. The molecule has 0 N–H and O–H groups in total. The van der Waals surface area contributed by atoms with Gasteiger partial charge in [0.15, 0.2) is 17.5 Å². The van der Waals surface area contributed by atoms with Crippen molar-refractivity contribution in [3.05, 3.63) is 158 Å². The standard InChI is InChI=1S/C43H26N4/c1-3-13-28(14-4-1)41-44-42(29-15-5-2-6-16-29)46-43(45-41)30-17-9-18-31(26-30)47-36-22-10-20-33-34-25-24-27-12-7-8-19-32(27)38(34)35-21-11-23-37(47)40(35)39(33)36/h1-26H. The molecule has 8 aromatic carbocycles. The average molecular weight is 599 g/mol. The van der Waals surface area contributed by atoms with Crippen LogP contribution in [-0.4, -0.2) is 19.5 Å². The van der Waals surface area contributed by atoms with Crippen molar-refractivity contribution in [2.45, 2.75) is 0 Å². The van der Waals surface area contributed by atoms with Crippen LogP contribution in [0.25, 0.3) is 94.0 Å². The fourth-order valence-corrected chi connectivity index (χ4v) is 7.33.